The van der Waals surface area contributed by atoms with Gasteiger partial charge in [-0.05, 0) is 30.5 Å². The summed E-state index contributed by atoms with van der Waals surface area (Å²) in [4.78, 5) is 0. The monoisotopic (exact) mass is 214 g/mol. The maximum atomic E-state index is 12.5. The van der Waals surface area contributed by atoms with Crippen LogP contribution >= 0.6 is 0 Å². The normalized spacial score (nSPS) is 13.3. The first-order valence-corrected chi connectivity index (χ1v) is 5.08. The van der Waals surface area contributed by atoms with Crippen LogP contribution in [0.5, 0.6) is 0 Å². The van der Waals surface area contributed by atoms with Gasteiger partial charge in [-0.15, -0.1) is 0 Å². The Morgan fingerprint density at radius 2 is 2.07 bits per heavy atom. The van der Waals surface area contributed by atoms with Crippen LogP contribution in [0.4, 0.5) is 4.39 Å². The zero-order chi connectivity index (χ0) is 10.4. The van der Waals surface area contributed by atoms with E-state index in [-0.39, 0.29) is 5.82 Å². The zero-order valence-electron chi connectivity index (χ0n) is 7.35. The highest BCUT2D eigenvalue weighted by atomic mass is 32.2. The number of hydrogen-bond donors (Lipinski definition) is 0. The first-order valence-electron chi connectivity index (χ1n) is 4.05. The van der Waals surface area contributed by atoms with Gasteiger partial charge >= 0.3 is 0 Å². The summed E-state index contributed by atoms with van der Waals surface area (Å²) in [6.45, 7) is 0. The van der Waals surface area contributed by atoms with E-state index < -0.39 is 11.3 Å². The molecule has 1 aromatic rings. The number of halogens is 1. The molecule has 0 fully saturated rings. The second-order valence-corrected chi connectivity index (χ2v) is 3.32. The molecule has 0 saturated carbocycles. The molecule has 0 aliphatic carbocycles. The molecular weight excluding hydrogens is 205 g/mol. The average molecular weight is 214 g/mol. The fourth-order valence-electron chi connectivity index (χ4n) is 0.996. The van der Waals surface area contributed by atoms with Gasteiger partial charge in [0.05, 0.1) is 11.3 Å². The van der Waals surface area contributed by atoms with Crippen molar-refractivity contribution in [2.75, 3.05) is 0 Å². The fraction of sp³-hybridized carbons (Fsp3) is 0.222. The molecule has 1 atom stereocenters. The van der Waals surface area contributed by atoms with E-state index in [1.54, 1.807) is 12.1 Å². The molecule has 0 aromatic heterocycles. The second kappa shape index (κ2) is 5.62. The molecule has 0 spiro atoms. The highest BCUT2D eigenvalue weighted by Gasteiger charge is 1.92. The summed E-state index contributed by atoms with van der Waals surface area (Å²) >= 11 is -2.37. The van der Waals surface area contributed by atoms with E-state index in [0.717, 1.165) is 5.56 Å². The summed E-state index contributed by atoms with van der Waals surface area (Å²) in [5.74, 6) is -0.275. The number of nitrogens with zero attached hydrogens (tertiary/aromatic N) is 1. The van der Waals surface area contributed by atoms with E-state index >= 15 is 0 Å². The van der Waals surface area contributed by atoms with Gasteiger partial charge in [0.1, 0.15) is 5.82 Å². The van der Waals surface area contributed by atoms with Crippen molar-refractivity contribution >= 4 is 17.5 Å². The highest BCUT2D eigenvalue weighted by molar-refractivity contribution is 7.77. The fourth-order valence-corrected chi connectivity index (χ4v) is 1.22. The van der Waals surface area contributed by atoms with Crippen molar-refractivity contribution in [3.63, 3.8) is 0 Å². The molecule has 0 saturated heterocycles. The van der Waals surface area contributed by atoms with Gasteiger partial charge in [0.25, 0.3) is 0 Å². The minimum Gasteiger partial charge on any atom is -0.754 e. The van der Waals surface area contributed by atoms with Crippen LogP contribution in [0.1, 0.15) is 12.0 Å². The molecule has 0 aliphatic rings. The largest absolute Gasteiger partial charge is 0.754 e. The SMILES string of the molecule is O=S([O-])N=CCCc1ccc(F)cc1. The molecular formula is C9H9FNO2S-. The van der Waals surface area contributed by atoms with E-state index in [0.29, 0.717) is 12.8 Å². The molecule has 3 nitrogen and oxygen atoms in total. The maximum absolute atomic E-state index is 12.5. The Bertz CT molecular complexity index is 337. The lowest BCUT2D eigenvalue weighted by Gasteiger charge is -1.98. The van der Waals surface area contributed by atoms with Gasteiger partial charge in [0.2, 0.25) is 0 Å². The molecule has 1 rings (SSSR count). The van der Waals surface area contributed by atoms with Crippen LogP contribution in [0.3, 0.4) is 0 Å². The lowest BCUT2D eigenvalue weighted by molar-refractivity contribution is 0.539. The lowest BCUT2D eigenvalue weighted by atomic mass is 10.1. The van der Waals surface area contributed by atoms with Crippen LogP contribution in [0.15, 0.2) is 28.7 Å². The smallest absolute Gasteiger partial charge is 0.123 e. The molecule has 1 aromatic carbocycles. The Kier molecular flexibility index (Phi) is 4.42. The van der Waals surface area contributed by atoms with Crippen molar-refractivity contribution in [3.05, 3.63) is 35.6 Å². The van der Waals surface area contributed by atoms with Crippen molar-refractivity contribution < 1.29 is 13.2 Å². The minimum absolute atomic E-state index is 0.275. The summed E-state index contributed by atoms with van der Waals surface area (Å²) < 4.78 is 35.7. The Morgan fingerprint density at radius 3 is 2.64 bits per heavy atom. The van der Waals surface area contributed by atoms with Crippen molar-refractivity contribution in [3.8, 4) is 0 Å². The molecule has 76 valence electrons. The van der Waals surface area contributed by atoms with E-state index in [2.05, 4.69) is 4.40 Å². The number of hydrogen-bond acceptors (Lipinski definition) is 2. The number of aryl methyl sites for hydroxylation is 1. The van der Waals surface area contributed by atoms with E-state index in [9.17, 15) is 13.2 Å². The number of benzene rings is 1. The maximum Gasteiger partial charge on any atom is 0.123 e. The summed E-state index contributed by atoms with van der Waals surface area (Å²) in [6.07, 6.45) is 2.51. The first-order chi connectivity index (χ1) is 6.68. The van der Waals surface area contributed by atoms with Gasteiger partial charge in [-0.3, -0.25) is 4.21 Å². The summed E-state index contributed by atoms with van der Waals surface area (Å²) in [6, 6.07) is 6.07. The van der Waals surface area contributed by atoms with Gasteiger partial charge in [0, 0.05) is 6.21 Å². The van der Waals surface area contributed by atoms with Crippen molar-refractivity contribution in [1.82, 2.24) is 0 Å². The average Bonchev–Trinajstić information content (AvgIpc) is 2.15. The Morgan fingerprint density at radius 1 is 1.43 bits per heavy atom. The molecule has 0 N–H and O–H groups in total. The summed E-state index contributed by atoms with van der Waals surface area (Å²) in [5, 5.41) is 0. The molecule has 0 heterocycles. The Balaban J connectivity index is 2.39. The van der Waals surface area contributed by atoms with E-state index in [4.69, 9.17) is 0 Å². The zero-order valence-corrected chi connectivity index (χ0v) is 8.17. The molecule has 5 heteroatoms. The van der Waals surface area contributed by atoms with Gasteiger partial charge in [-0.25, -0.2) is 8.79 Å². The van der Waals surface area contributed by atoms with Crippen LogP contribution in [0.2, 0.25) is 0 Å². The van der Waals surface area contributed by atoms with Crippen LogP contribution in [0, 0.1) is 5.82 Å². The van der Waals surface area contributed by atoms with Gasteiger partial charge < -0.3 is 4.55 Å². The highest BCUT2D eigenvalue weighted by Crippen LogP contribution is 2.04. The first kappa shape index (κ1) is 11.0. The van der Waals surface area contributed by atoms with Crippen LogP contribution in [0.25, 0.3) is 0 Å². The third kappa shape index (κ3) is 4.25. The quantitative estimate of drug-likeness (QED) is 0.565. The molecule has 0 radical (unpaired) electrons. The van der Waals surface area contributed by atoms with Crippen molar-refractivity contribution in [1.29, 1.82) is 0 Å². The summed E-state index contributed by atoms with van der Waals surface area (Å²) in [7, 11) is 0. The number of rotatable bonds is 4. The Hall–Kier alpha value is -1.07. The van der Waals surface area contributed by atoms with Crippen LogP contribution in [-0.2, 0) is 17.7 Å². The van der Waals surface area contributed by atoms with Crippen LogP contribution < -0.4 is 0 Å². The van der Waals surface area contributed by atoms with Gasteiger partial charge in [-0.2, -0.15) is 0 Å². The Labute approximate surface area is 84.1 Å². The third-order valence-corrected chi connectivity index (χ3v) is 1.96. The lowest BCUT2D eigenvalue weighted by Crippen LogP contribution is -1.88. The predicted molar refractivity (Wildman–Crippen MR) is 52.1 cm³/mol. The van der Waals surface area contributed by atoms with E-state index in [1.165, 1.54) is 18.3 Å². The second-order valence-electron chi connectivity index (χ2n) is 2.67. The molecule has 0 aliphatic heterocycles. The topological polar surface area (TPSA) is 52.5 Å². The van der Waals surface area contributed by atoms with Gasteiger partial charge in [-0.1, -0.05) is 12.1 Å². The van der Waals surface area contributed by atoms with Crippen molar-refractivity contribution in [2.45, 2.75) is 12.8 Å². The molecule has 0 amide bonds. The molecule has 0 bridgehead atoms. The van der Waals surface area contributed by atoms with E-state index in [1.807, 2.05) is 0 Å². The summed E-state index contributed by atoms with van der Waals surface area (Å²) in [5.41, 5.74) is 0.953. The standard InChI is InChI=1S/C9H10FNO2S/c10-9-5-3-8(4-6-9)2-1-7-11-14(12)13/h3-7H,1-2H2,(H,12,13)/p-1. The minimum atomic E-state index is -2.37. The van der Waals surface area contributed by atoms with Crippen LogP contribution in [-0.4, -0.2) is 15.0 Å². The molecule has 1 unspecified atom stereocenters. The van der Waals surface area contributed by atoms with Crippen molar-refractivity contribution in [2.24, 2.45) is 4.40 Å². The predicted octanol–water partition coefficient (Wildman–Crippen LogP) is 1.62. The van der Waals surface area contributed by atoms with Gasteiger partial charge in [0.15, 0.2) is 0 Å². The third-order valence-electron chi connectivity index (χ3n) is 1.64. The molecule has 14 heavy (non-hydrogen) atoms.